The van der Waals surface area contributed by atoms with Crippen LogP contribution in [-0.4, -0.2) is 24.0 Å². The minimum atomic E-state index is 0.187. The number of benzene rings is 1. The van der Waals surface area contributed by atoms with Crippen LogP contribution < -0.4 is 5.73 Å². The van der Waals surface area contributed by atoms with Crippen molar-refractivity contribution in [3.8, 4) is 0 Å². The lowest BCUT2D eigenvalue weighted by Gasteiger charge is -2.33. The van der Waals surface area contributed by atoms with Gasteiger partial charge in [0.2, 0.25) is 0 Å². The van der Waals surface area contributed by atoms with Crippen molar-refractivity contribution in [2.45, 2.75) is 44.7 Å². The first-order valence-electron chi connectivity index (χ1n) is 7.94. The molecule has 3 heteroatoms. The molecular formula is C17H25ClN2. The van der Waals surface area contributed by atoms with Crippen LogP contribution in [0.2, 0.25) is 5.02 Å². The van der Waals surface area contributed by atoms with Crippen molar-refractivity contribution in [2.24, 2.45) is 17.6 Å². The van der Waals surface area contributed by atoms with Crippen molar-refractivity contribution in [2.75, 3.05) is 13.1 Å². The van der Waals surface area contributed by atoms with Crippen LogP contribution in [0.4, 0.5) is 0 Å². The molecule has 1 saturated heterocycles. The summed E-state index contributed by atoms with van der Waals surface area (Å²) in [6.07, 6.45) is 5.24. The molecule has 110 valence electrons. The Morgan fingerprint density at radius 1 is 1.30 bits per heavy atom. The number of nitrogens with two attached hydrogens (primary N) is 1. The summed E-state index contributed by atoms with van der Waals surface area (Å²) in [6, 6.07) is 8.77. The van der Waals surface area contributed by atoms with E-state index in [4.69, 9.17) is 17.3 Å². The summed E-state index contributed by atoms with van der Waals surface area (Å²) in [7, 11) is 0. The zero-order chi connectivity index (χ0) is 14.1. The molecule has 1 aromatic carbocycles. The Labute approximate surface area is 127 Å². The molecule has 0 amide bonds. The second kappa shape index (κ2) is 6.05. The first-order chi connectivity index (χ1) is 9.69. The summed E-state index contributed by atoms with van der Waals surface area (Å²) in [5.74, 6) is 1.81. The van der Waals surface area contributed by atoms with Gasteiger partial charge in [0.1, 0.15) is 0 Å². The van der Waals surface area contributed by atoms with Crippen LogP contribution >= 0.6 is 11.6 Å². The SMILES string of the molecule is CCC(N)C(c1cccc(Cl)c1)N1CC2CCCC2C1. The largest absolute Gasteiger partial charge is 0.326 e. The number of hydrogen-bond donors (Lipinski definition) is 1. The summed E-state index contributed by atoms with van der Waals surface area (Å²) >= 11 is 6.18. The standard InChI is InChI=1S/C17H25ClN2/c1-2-16(19)17(12-5-4-8-15(18)9-12)20-10-13-6-3-7-14(13)11-20/h4-5,8-9,13-14,16-17H,2-3,6-7,10-11,19H2,1H3. The van der Waals surface area contributed by atoms with Crippen molar-refractivity contribution in [3.63, 3.8) is 0 Å². The molecule has 0 radical (unpaired) electrons. The fourth-order valence-corrected chi connectivity index (χ4v) is 4.34. The van der Waals surface area contributed by atoms with Crippen molar-refractivity contribution < 1.29 is 0 Å². The van der Waals surface area contributed by atoms with E-state index in [0.717, 1.165) is 23.3 Å². The predicted molar refractivity (Wildman–Crippen MR) is 84.9 cm³/mol. The molecule has 0 bridgehead atoms. The second-order valence-corrected chi connectivity index (χ2v) is 6.91. The highest BCUT2D eigenvalue weighted by atomic mass is 35.5. The van der Waals surface area contributed by atoms with Crippen LogP contribution in [0.5, 0.6) is 0 Å². The molecule has 1 saturated carbocycles. The molecular weight excluding hydrogens is 268 g/mol. The number of hydrogen-bond acceptors (Lipinski definition) is 2. The van der Waals surface area contributed by atoms with Gasteiger partial charge in [-0.05, 0) is 48.8 Å². The van der Waals surface area contributed by atoms with E-state index in [2.05, 4.69) is 24.0 Å². The number of halogens is 1. The third-order valence-electron chi connectivity index (χ3n) is 5.22. The maximum atomic E-state index is 6.44. The van der Waals surface area contributed by atoms with Gasteiger partial charge in [-0.1, -0.05) is 37.1 Å². The maximum Gasteiger partial charge on any atom is 0.0499 e. The highest BCUT2D eigenvalue weighted by Crippen LogP contribution is 2.42. The molecule has 1 aliphatic heterocycles. The van der Waals surface area contributed by atoms with E-state index < -0.39 is 0 Å². The van der Waals surface area contributed by atoms with Crippen LogP contribution in [0, 0.1) is 11.8 Å². The lowest BCUT2D eigenvalue weighted by molar-refractivity contribution is 0.194. The maximum absolute atomic E-state index is 6.44. The van der Waals surface area contributed by atoms with Crippen molar-refractivity contribution in [1.29, 1.82) is 0 Å². The average molecular weight is 293 g/mol. The Kier molecular flexibility index (Phi) is 4.34. The molecule has 1 aliphatic carbocycles. The summed E-state index contributed by atoms with van der Waals surface area (Å²) in [5, 5.41) is 0.815. The first-order valence-corrected chi connectivity index (χ1v) is 8.32. The topological polar surface area (TPSA) is 29.3 Å². The Morgan fingerprint density at radius 2 is 2.00 bits per heavy atom. The van der Waals surface area contributed by atoms with Crippen LogP contribution in [-0.2, 0) is 0 Å². The normalized spacial score (nSPS) is 29.4. The molecule has 3 rings (SSSR count). The van der Waals surface area contributed by atoms with Gasteiger partial charge in [0.05, 0.1) is 0 Å². The molecule has 2 nitrogen and oxygen atoms in total. The van der Waals surface area contributed by atoms with E-state index in [1.54, 1.807) is 0 Å². The van der Waals surface area contributed by atoms with Crippen LogP contribution in [0.15, 0.2) is 24.3 Å². The molecule has 2 fully saturated rings. The highest BCUT2D eigenvalue weighted by Gasteiger charge is 2.40. The highest BCUT2D eigenvalue weighted by molar-refractivity contribution is 6.30. The van der Waals surface area contributed by atoms with Gasteiger partial charge in [0.25, 0.3) is 0 Å². The Bertz CT molecular complexity index is 450. The molecule has 2 aliphatic rings. The van der Waals surface area contributed by atoms with Crippen molar-refractivity contribution in [1.82, 2.24) is 4.90 Å². The second-order valence-electron chi connectivity index (χ2n) is 6.48. The number of likely N-dealkylation sites (tertiary alicyclic amines) is 1. The fourth-order valence-electron chi connectivity index (χ4n) is 4.14. The Hall–Kier alpha value is -0.570. The molecule has 4 atom stereocenters. The van der Waals surface area contributed by atoms with Gasteiger partial charge in [0.15, 0.2) is 0 Å². The van der Waals surface area contributed by atoms with Crippen LogP contribution in [0.25, 0.3) is 0 Å². The molecule has 20 heavy (non-hydrogen) atoms. The fraction of sp³-hybridized carbons (Fsp3) is 0.647. The van der Waals surface area contributed by atoms with Gasteiger partial charge in [0, 0.05) is 30.2 Å². The molecule has 4 unspecified atom stereocenters. The van der Waals surface area contributed by atoms with Gasteiger partial charge in [-0.15, -0.1) is 0 Å². The molecule has 2 N–H and O–H groups in total. The zero-order valence-corrected chi connectivity index (χ0v) is 13.0. The summed E-state index contributed by atoms with van der Waals surface area (Å²) in [5.41, 5.74) is 7.73. The summed E-state index contributed by atoms with van der Waals surface area (Å²) in [6.45, 7) is 4.62. The quantitative estimate of drug-likeness (QED) is 0.913. The molecule has 1 aromatic rings. The van der Waals surface area contributed by atoms with Crippen molar-refractivity contribution in [3.05, 3.63) is 34.9 Å². The van der Waals surface area contributed by atoms with Gasteiger partial charge in [-0.3, -0.25) is 4.90 Å². The lowest BCUT2D eigenvalue weighted by Crippen LogP contribution is -2.40. The van der Waals surface area contributed by atoms with Gasteiger partial charge in [-0.25, -0.2) is 0 Å². The third-order valence-corrected chi connectivity index (χ3v) is 5.45. The average Bonchev–Trinajstić information content (AvgIpc) is 3.00. The van der Waals surface area contributed by atoms with E-state index >= 15 is 0 Å². The van der Waals surface area contributed by atoms with E-state index in [9.17, 15) is 0 Å². The van der Waals surface area contributed by atoms with Gasteiger partial charge >= 0.3 is 0 Å². The van der Waals surface area contributed by atoms with Gasteiger partial charge in [-0.2, -0.15) is 0 Å². The molecule has 1 heterocycles. The van der Waals surface area contributed by atoms with Crippen LogP contribution in [0.1, 0.15) is 44.2 Å². The minimum absolute atomic E-state index is 0.187. The van der Waals surface area contributed by atoms with Gasteiger partial charge < -0.3 is 5.73 Å². The van der Waals surface area contributed by atoms with E-state index in [1.165, 1.54) is 37.9 Å². The van der Waals surface area contributed by atoms with E-state index in [0.29, 0.717) is 6.04 Å². The van der Waals surface area contributed by atoms with E-state index in [-0.39, 0.29) is 6.04 Å². The minimum Gasteiger partial charge on any atom is -0.326 e. The molecule has 0 spiro atoms. The lowest BCUT2D eigenvalue weighted by atomic mass is 9.96. The summed E-state index contributed by atoms with van der Waals surface area (Å²) in [4.78, 5) is 2.62. The summed E-state index contributed by atoms with van der Waals surface area (Å²) < 4.78 is 0. The Morgan fingerprint density at radius 3 is 2.60 bits per heavy atom. The molecule has 0 aromatic heterocycles. The smallest absolute Gasteiger partial charge is 0.0499 e. The first kappa shape index (κ1) is 14.4. The monoisotopic (exact) mass is 292 g/mol. The van der Waals surface area contributed by atoms with Crippen LogP contribution in [0.3, 0.4) is 0 Å². The third kappa shape index (κ3) is 2.74. The predicted octanol–water partition coefficient (Wildman–Crippen LogP) is 3.85. The number of fused-ring (bicyclic) bond motifs is 1. The van der Waals surface area contributed by atoms with E-state index in [1.807, 2.05) is 12.1 Å². The Balaban J connectivity index is 1.83. The zero-order valence-electron chi connectivity index (χ0n) is 12.3. The number of rotatable bonds is 4. The van der Waals surface area contributed by atoms with Crippen molar-refractivity contribution >= 4 is 11.6 Å². The number of nitrogens with zero attached hydrogens (tertiary/aromatic N) is 1.